The lowest BCUT2D eigenvalue weighted by molar-refractivity contribution is -0.128. The number of anilines is 1. The highest BCUT2D eigenvalue weighted by molar-refractivity contribution is 8.01. The molecule has 0 aliphatic carbocycles. The van der Waals surface area contributed by atoms with Crippen LogP contribution in [0.25, 0.3) is 0 Å². The summed E-state index contributed by atoms with van der Waals surface area (Å²) in [5.41, 5.74) is 4.62. The maximum atomic E-state index is 13.5. The van der Waals surface area contributed by atoms with Gasteiger partial charge in [-0.05, 0) is 12.1 Å². The molecule has 9 heteroatoms. The summed E-state index contributed by atoms with van der Waals surface area (Å²) < 4.78 is 20.3. The summed E-state index contributed by atoms with van der Waals surface area (Å²) in [6, 6.07) is 9.32. The van der Waals surface area contributed by atoms with E-state index in [1.807, 2.05) is 30.3 Å². The van der Waals surface area contributed by atoms with E-state index >= 15 is 0 Å². The Morgan fingerprint density at radius 1 is 1.28 bits per heavy atom. The van der Waals surface area contributed by atoms with Crippen molar-refractivity contribution in [2.75, 3.05) is 24.6 Å². The molecule has 1 unspecified atom stereocenters. The Kier molecular flexibility index (Phi) is 5.22. The summed E-state index contributed by atoms with van der Waals surface area (Å²) in [5, 5.41) is -0.157. The molecule has 3 rings (SSSR count). The van der Waals surface area contributed by atoms with Gasteiger partial charge in [0, 0.05) is 19.3 Å². The maximum absolute atomic E-state index is 13.5. The van der Waals surface area contributed by atoms with Crippen molar-refractivity contribution in [2.45, 2.75) is 11.9 Å². The number of nitrogen functional groups attached to an aromatic ring is 1. The quantitative estimate of drug-likeness (QED) is 0.821. The molecule has 2 N–H and O–H groups in total. The van der Waals surface area contributed by atoms with Crippen LogP contribution in [0.5, 0.6) is 5.75 Å². The fourth-order valence-electron chi connectivity index (χ4n) is 2.45. The average Bonchev–Trinajstić information content (AvgIpc) is 2.96. The second-order valence-electron chi connectivity index (χ2n) is 5.43. The monoisotopic (exact) mass is 364 g/mol. The van der Waals surface area contributed by atoms with E-state index in [-0.39, 0.29) is 24.4 Å². The maximum Gasteiger partial charge on any atom is 0.349 e. The van der Waals surface area contributed by atoms with Crippen molar-refractivity contribution in [3.05, 3.63) is 52.8 Å². The fourth-order valence-corrected chi connectivity index (χ4v) is 3.51. The van der Waals surface area contributed by atoms with Crippen molar-refractivity contribution < 1.29 is 13.9 Å². The zero-order chi connectivity index (χ0) is 17.8. The number of nitrogens with zero attached hydrogens (tertiary/aromatic N) is 3. The van der Waals surface area contributed by atoms with Gasteiger partial charge < -0.3 is 15.4 Å². The van der Waals surface area contributed by atoms with Gasteiger partial charge in [-0.2, -0.15) is 4.98 Å². The van der Waals surface area contributed by atoms with Crippen LogP contribution in [0.15, 0.2) is 41.3 Å². The lowest BCUT2D eigenvalue weighted by Gasteiger charge is -2.24. The van der Waals surface area contributed by atoms with Crippen LogP contribution in [0.2, 0.25) is 0 Å². The molecule has 0 saturated carbocycles. The normalized spacial score (nSPS) is 17.1. The number of halogens is 1. The minimum absolute atomic E-state index is 0.0383. The average molecular weight is 364 g/mol. The Bertz CT molecular complexity index is 815. The number of nitrogens with two attached hydrogens (primary N) is 1. The molecule has 2 aromatic rings. The summed E-state index contributed by atoms with van der Waals surface area (Å²) >= 11 is 1.48. The van der Waals surface area contributed by atoms with Crippen LogP contribution in [0.4, 0.5) is 10.2 Å². The van der Waals surface area contributed by atoms with Gasteiger partial charge in [-0.3, -0.25) is 9.36 Å². The van der Waals surface area contributed by atoms with Crippen molar-refractivity contribution in [1.29, 1.82) is 0 Å². The molecule has 25 heavy (non-hydrogen) atoms. The van der Waals surface area contributed by atoms with Crippen LogP contribution in [0, 0.1) is 5.82 Å². The number of amides is 1. The molecular formula is C16H17FN4O3S. The van der Waals surface area contributed by atoms with E-state index in [0.717, 1.165) is 16.5 Å². The molecule has 1 aliphatic rings. The van der Waals surface area contributed by atoms with Crippen LogP contribution in [-0.2, 0) is 11.3 Å². The Hall–Kier alpha value is -2.55. The summed E-state index contributed by atoms with van der Waals surface area (Å²) in [6.07, 6.45) is 1.01. The van der Waals surface area contributed by atoms with Crippen molar-refractivity contribution in [2.24, 2.45) is 0 Å². The molecule has 0 spiro atoms. The summed E-state index contributed by atoms with van der Waals surface area (Å²) in [4.78, 5) is 28.9. The topological polar surface area (TPSA) is 90.5 Å². The van der Waals surface area contributed by atoms with E-state index in [9.17, 15) is 14.0 Å². The Morgan fingerprint density at radius 2 is 2.04 bits per heavy atom. The number of ether oxygens (including phenoxy) is 1. The number of benzene rings is 1. The number of hydrogen-bond acceptors (Lipinski definition) is 6. The minimum Gasteiger partial charge on any atom is -0.491 e. The molecule has 2 heterocycles. The second-order valence-corrected chi connectivity index (χ2v) is 6.59. The molecule has 132 valence electrons. The minimum atomic E-state index is -0.759. The van der Waals surface area contributed by atoms with Crippen LogP contribution in [0.3, 0.4) is 0 Å². The smallest absolute Gasteiger partial charge is 0.349 e. The molecular weight excluding hydrogens is 347 g/mol. The summed E-state index contributed by atoms with van der Waals surface area (Å²) in [6.45, 7) is 0.737. The zero-order valence-corrected chi connectivity index (χ0v) is 14.1. The molecule has 7 nitrogen and oxygen atoms in total. The van der Waals surface area contributed by atoms with Gasteiger partial charge in [-0.1, -0.05) is 18.2 Å². The highest BCUT2D eigenvalue weighted by Gasteiger charge is 2.32. The highest BCUT2D eigenvalue weighted by Crippen LogP contribution is 2.25. The van der Waals surface area contributed by atoms with E-state index in [0.29, 0.717) is 12.4 Å². The van der Waals surface area contributed by atoms with E-state index in [1.54, 1.807) is 4.90 Å². The number of hydrogen-bond donors (Lipinski definition) is 1. The zero-order valence-electron chi connectivity index (χ0n) is 13.3. The van der Waals surface area contributed by atoms with Crippen LogP contribution < -0.4 is 16.2 Å². The van der Waals surface area contributed by atoms with Gasteiger partial charge in [0.15, 0.2) is 11.6 Å². The summed E-state index contributed by atoms with van der Waals surface area (Å²) in [7, 11) is 0. The number of rotatable bonds is 6. The van der Waals surface area contributed by atoms with E-state index in [4.69, 9.17) is 10.5 Å². The molecule has 1 amide bonds. The first-order valence-corrected chi connectivity index (χ1v) is 8.71. The van der Waals surface area contributed by atoms with Gasteiger partial charge in [-0.15, -0.1) is 11.8 Å². The van der Waals surface area contributed by atoms with E-state index < -0.39 is 17.3 Å². The number of para-hydroxylation sites is 1. The van der Waals surface area contributed by atoms with Crippen LogP contribution >= 0.6 is 11.8 Å². The standard InChI is InChI=1S/C16H17FN4O3S/c17-12-8-20(16(23)19-15(12)18)6-7-21-13(22)10-25-14(21)9-24-11-4-2-1-3-5-11/h1-5,8,14H,6-7,9-10H2,(H2,18,19,23). The molecule has 1 atom stereocenters. The molecule has 1 fully saturated rings. The third kappa shape index (κ3) is 4.11. The lowest BCUT2D eigenvalue weighted by Crippen LogP contribution is -2.40. The van der Waals surface area contributed by atoms with Gasteiger partial charge in [0.2, 0.25) is 5.91 Å². The van der Waals surface area contributed by atoms with Gasteiger partial charge in [0.25, 0.3) is 0 Å². The molecule has 1 aromatic heterocycles. The predicted octanol–water partition coefficient (Wildman–Crippen LogP) is 0.945. The number of carbonyl (C=O) groups excluding carboxylic acids is 1. The largest absolute Gasteiger partial charge is 0.491 e. The van der Waals surface area contributed by atoms with Crippen LogP contribution in [-0.4, -0.2) is 44.6 Å². The SMILES string of the molecule is Nc1nc(=O)n(CCN2C(=O)CSC2COc2ccccc2)cc1F. The molecule has 1 aromatic carbocycles. The first kappa shape index (κ1) is 17.3. The van der Waals surface area contributed by atoms with Gasteiger partial charge in [0.1, 0.15) is 17.7 Å². The van der Waals surface area contributed by atoms with Gasteiger partial charge >= 0.3 is 5.69 Å². The first-order valence-electron chi connectivity index (χ1n) is 7.66. The third-order valence-corrected chi connectivity index (χ3v) is 4.95. The number of carbonyl (C=O) groups is 1. The third-order valence-electron chi connectivity index (χ3n) is 3.76. The highest BCUT2D eigenvalue weighted by atomic mass is 32.2. The molecule has 0 radical (unpaired) electrons. The fraction of sp³-hybridized carbons (Fsp3) is 0.312. The Balaban J connectivity index is 1.62. The number of aromatic nitrogens is 2. The van der Waals surface area contributed by atoms with Gasteiger partial charge in [0.05, 0.1) is 5.75 Å². The molecule has 1 aliphatic heterocycles. The van der Waals surface area contributed by atoms with Crippen molar-refractivity contribution in [3.63, 3.8) is 0 Å². The Labute approximate surface area is 147 Å². The predicted molar refractivity (Wildman–Crippen MR) is 92.8 cm³/mol. The van der Waals surface area contributed by atoms with Crippen molar-refractivity contribution in [3.8, 4) is 5.75 Å². The molecule has 0 bridgehead atoms. The second kappa shape index (κ2) is 7.56. The van der Waals surface area contributed by atoms with E-state index in [1.165, 1.54) is 11.8 Å². The van der Waals surface area contributed by atoms with Crippen LogP contribution in [0.1, 0.15) is 0 Å². The Morgan fingerprint density at radius 3 is 2.80 bits per heavy atom. The van der Waals surface area contributed by atoms with Crippen molar-refractivity contribution >= 4 is 23.5 Å². The first-order chi connectivity index (χ1) is 12.0. The van der Waals surface area contributed by atoms with Gasteiger partial charge in [-0.25, -0.2) is 9.18 Å². The summed E-state index contributed by atoms with van der Waals surface area (Å²) in [5.74, 6) is -0.146. The van der Waals surface area contributed by atoms with Crippen molar-refractivity contribution in [1.82, 2.24) is 14.5 Å². The molecule has 1 saturated heterocycles. The number of thioether (sulfide) groups is 1. The lowest BCUT2D eigenvalue weighted by atomic mass is 10.3. The van der Waals surface area contributed by atoms with E-state index in [2.05, 4.69) is 4.98 Å².